The van der Waals surface area contributed by atoms with Crippen LogP contribution in [0.15, 0.2) is 10.8 Å². The summed E-state index contributed by atoms with van der Waals surface area (Å²) in [5.41, 5.74) is 0. The SMILES string of the molecule is CCOP(=O)(CC)OC=C(Cl)Cl. The van der Waals surface area contributed by atoms with Gasteiger partial charge in [-0.15, -0.1) is 0 Å². The molecule has 0 N–H and O–H groups in total. The van der Waals surface area contributed by atoms with Crippen molar-refractivity contribution in [2.75, 3.05) is 12.8 Å². The molecule has 72 valence electrons. The van der Waals surface area contributed by atoms with E-state index in [-0.39, 0.29) is 4.49 Å². The Hall–Kier alpha value is 0.310. The molecule has 0 aliphatic carbocycles. The second kappa shape index (κ2) is 5.87. The maximum Gasteiger partial charge on any atom is 0.378 e. The Bertz CT molecular complexity index is 201. The molecule has 0 aromatic heterocycles. The normalized spacial score (nSPS) is 15.0. The van der Waals surface area contributed by atoms with Gasteiger partial charge in [-0.3, -0.25) is 0 Å². The summed E-state index contributed by atoms with van der Waals surface area (Å²) in [7, 11) is -3.00. The summed E-state index contributed by atoms with van der Waals surface area (Å²) in [6, 6.07) is 0. The van der Waals surface area contributed by atoms with E-state index in [1.54, 1.807) is 13.8 Å². The topological polar surface area (TPSA) is 35.5 Å². The van der Waals surface area contributed by atoms with Crippen molar-refractivity contribution in [3.63, 3.8) is 0 Å². The molecule has 0 amide bonds. The van der Waals surface area contributed by atoms with Crippen LogP contribution in [0.5, 0.6) is 0 Å². The Labute approximate surface area is 82.2 Å². The van der Waals surface area contributed by atoms with E-state index < -0.39 is 7.60 Å². The molecule has 0 radical (unpaired) electrons. The van der Waals surface area contributed by atoms with E-state index in [4.69, 9.17) is 32.2 Å². The highest BCUT2D eigenvalue weighted by Crippen LogP contribution is 2.48. The molecule has 0 aliphatic rings. The Kier molecular flexibility index (Phi) is 6.02. The van der Waals surface area contributed by atoms with Gasteiger partial charge in [0.15, 0.2) is 0 Å². The van der Waals surface area contributed by atoms with E-state index in [1.807, 2.05) is 0 Å². The quantitative estimate of drug-likeness (QED) is 0.538. The molecule has 3 nitrogen and oxygen atoms in total. The van der Waals surface area contributed by atoms with Gasteiger partial charge in [0.25, 0.3) is 0 Å². The molecule has 0 saturated carbocycles. The Morgan fingerprint density at radius 3 is 2.42 bits per heavy atom. The van der Waals surface area contributed by atoms with Gasteiger partial charge in [0.2, 0.25) is 0 Å². The minimum atomic E-state index is -3.00. The lowest BCUT2D eigenvalue weighted by atomic mass is 10.9. The number of halogens is 2. The lowest BCUT2D eigenvalue weighted by molar-refractivity contribution is 0.263. The molecule has 12 heavy (non-hydrogen) atoms. The smallest absolute Gasteiger partial charge is 0.378 e. The number of rotatable bonds is 5. The van der Waals surface area contributed by atoms with Gasteiger partial charge in [-0.25, -0.2) is 4.57 Å². The Balaban J connectivity index is 4.15. The summed E-state index contributed by atoms with van der Waals surface area (Å²) in [6.45, 7) is 3.77. The van der Waals surface area contributed by atoms with Gasteiger partial charge in [0.1, 0.15) is 10.8 Å². The van der Waals surface area contributed by atoms with E-state index in [2.05, 4.69) is 0 Å². The van der Waals surface area contributed by atoms with Crippen molar-refractivity contribution in [1.29, 1.82) is 0 Å². The summed E-state index contributed by atoms with van der Waals surface area (Å²) in [5, 5.41) is 0. The van der Waals surface area contributed by atoms with Crippen LogP contribution < -0.4 is 0 Å². The fourth-order valence-electron chi connectivity index (χ4n) is 0.513. The lowest BCUT2D eigenvalue weighted by Crippen LogP contribution is -1.93. The highest BCUT2D eigenvalue weighted by molar-refractivity contribution is 7.53. The van der Waals surface area contributed by atoms with Gasteiger partial charge in [0, 0.05) is 0 Å². The van der Waals surface area contributed by atoms with Crippen molar-refractivity contribution in [3.05, 3.63) is 10.8 Å². The molecule has 1 atom stereocenters. The summed E-state index contributed by atoms with van der Waals surface area (Å²) in [5.74, 6) is 0. The molecule has 0 spiro atoms. The summed E-state index contributed by atoms with van der Waals surface area (Å²) >= 11 is 10.5. The monoisotopic (exact) mass is 232 g/mol. The predicted octanol–water partition coefficient (Wildman–Crippen LogP) is 3.53. The van der Waals surface area contributed by atoms with E-state index in [0.29, 0.717) is 12.8 Å². The van der Waals surface area contributed by atoms with Gasteiger partial charge >= 0.3 is 7.60 Å². The first-order valence-corrected chi connectivity index (χ1v) is 5.95. The maximum absolute atomic E-state index is 11.5. The maximum atomic E-state index is 11.5. The fourth-order valence-corrected chi connectivity index (χ4v) is 1.78. The lowest BCUT2D eigenvalue weighted by Gasteiger charge is -2.13. The predicted molar refractivity (Wildman–Crippen MR) is 50.6 cm³/mol. The Morgan fingerprint density at radius 2 is 2.08 bits per heavy atom. The molecule has 0 saturated heterocycles. The van der Waals surface area contributed by atoms with Gasteiger partial charge in [0.05, 0.1) is 12.8 Å². The summed E-state index contributed by atoms with van der Waals surface area (Å²) in [4.78, 5) is 0. The van der Waals surface area contributed by atoms with Crippen LogP contribution in [-0.2, 0) is 13.6 Å². The van der Waals surface area contributed by atoms with E-state index >= 15 is 0 Å². The third-order valence-corrected chi connectivity index (χ3v) is 3.05. The standard InChI is InChI=1S/C6H11Cl2O3P/c1-3-10-12(9,4-2)11-5-6(7)8/h5H,3-4H2,1-2H3. The second-order valence-corrected chi connectivity index (χ2v) is 5.19. The molecule has 0 aromatic carbocycles. The van der Waals surface area contributed by atoms with E-state index in [0.717, 1.165) is 6.26 Å². The van der Waals surface area contributed by atoms with Gasteiger partial charge in [-0.2, -0.15) is 0 Å². The molecule has 0 aliphatic heterocycles. The van der Waals surface area contributed by atoms with E-state index in [9.17, 15) is 4.57 Å². The zero-order chi connectivity index (χ0) is 9.61. The molecular formula is C6H11Cl2O3P. The van der Waals surface area contributed by atoms with Crippen LogP contribution in [0.2, 0.25) is 0 Å². The third kappa shape index (κ3) is 5.04. The van der Waals surface area contributed by atoms with Gasteiger partial charge in [-0.1, -0.05) is 30.1 Å². The zero-order valence-electron chi connectivity index (χ0n) is 6.92. The first-order chi connectivity index (χ1) is 5.54. The van der Waals surface area contributed by atoms with Crippen molar-refractivity contribution in [2.24, 2.45) is 0 Å². The van der Waals surface area contributed by atoms with Crippen molar-refractivity contribution in [1.82, 2.24) is 0 Å². The fraction of sp³-hybridized carbons (Fsp3) is 0.667. The molecule has 0 rings (SSSR count). The van der Waals surface area contributed by atoms with Crippen molar-refractivity contribution in [3.8, 4) is 0 Å². The van der Waals surface area contributed by atoms with Crippen LogP contribution in [0, 0.1) is 0 Å². The molecule has 0 heterocycles. The van der Waals surface area contributed by atoms with Crippen LogP contribution in [0.3, 0.4) is 0 Å². The second-order valence-electron chi connectivity index (χ2n) is 1.86. The minimum absolute atomic E-state index is 0.0802. The first kappa shape index (κ1) is 12.3. The molecule has 6 heteroatoms. The van der Waals surface area contributed by atoms with Gasteiger partial charge in [-0.05, 0) is 6.92 Å². The average Bonchev–Trinajstić information content (AvgIpc) is 2.02. The molecule has 0 aromatic rings. The largest absolute Gasteiger partial charge is 0.430 e. The molecular weight excluding hydrogens is 222 g/mol. The molecule has 0 bridgehead atoms. The van der Waals surface area contributed by atoms with Crippen LogP contribution in [0.1, 0.15) is 13.8 Å². The van der Waals surface area contributed by atoms with Gasteiger partial charge < -0.3 is 9.05 Å². The van der Waals surface area contributed by atoms with E-state index in [1.165, 1.54) is 0 Å². The summed E-state index contributed by atoms with van der Waals surface area (Å²) < 4.78 is 21.1. The highest BCUT2D eigenvalue weighted by Gasteiger charge is 2.20. The minimum Gasteiger partial charge on any atom is -0.430 e. The highest BCUT2D eigenvalue weighted by atomic mass is 35.5. The van der Waals surface area contributed by atoms with Crippen molar-refractivity contribution < 1.29 is 13.6 Å². The van der Waals surface area contributed by atoms with Crippen molar-refractivity contribution >= 4 is 30.8 Å². The third-order valence-electron chi connectivity index (χ3n) is 1.02. The van der Waals surface area contributed by atoms with Crippen molar-refractivity contribution in [2.45, 2.75) is 13.8 Å². The van der Waals surface area contributed by atoms with Crippen LogP contribution in [0.25, 0.3) is 0 Å². The van der Waals surface area contributed by atoms with Crippen LogP contribution in [-0.4, -0.2) is 12.8 Å². The average molecular weight is 233 g/mol. The summed E-state index contributed by atoms with van der Waals surface area (Å²) in [6.07, 6.45) is 1.31. The Morgan fingerprint density at radius 1 is 1.50 bits per heavy atom. The number of hydrogen-bond donors (Lipinski definition) is 0. The van der Waals surface area contributed by atoms with Crippen LogP contribution >= 0.6 is 30.8 Å². The number of hydrogen-bond acceptors (Lipinski definition) is 3. The first-order valence-electron chi connectivity index (χ1n) is 3.47. The van der Waals surface area contributed by atoms with Crippen LogP contribution in [0.4, 0.5) is 0 Å². The zero-order valence-corrected chi connectivity index (χ0v) is 9.33. The molecule has 1 unspecified atom stereocenters. The molecule has 0 fully saturated rings.